The summed E-state index contributed by atoms with van der Waals surface area (Å²) < 4.78 is 12.4. The van der Waals surface area contributed by atoms with Crippen LogP contribution >= 0.6 is 11.6 Å². The van der Waals surface area contributed by atoms with Gasteiger partial charge in [-0.25, -0.2) is 0 Å². The van der Waals surface area contributed by atoms with Crippen LogP contribution < -0.4 is 15.4 Å². The lowest BCUT2D eigenvalue weighted by atomic mass is 9.74. The number of carbonyl (C=O) groups excluding carboxylic acids is 3. The highest BCUT2D eigenvalue weighted by Crippen LogP contribution is 2.55. The third-order valence-electron chi connectivity index (χ3n) is 9.28. The summed E-state index contributed by atoms with van der Waals surface area (Å²) in [5.41, 5.74) is 0.0600. The molecule has 0 aromatic heterocycles. The number of ether oxygens (including phenoxy) is 2. The van der Waals surface area contributed by atoms with Gasteiger partial charge in [-0.1, -0.05) is 79.4 Å². The fraction of sp³-hybridized carbons (Fsp3) is 0.343. The van der Waals surface area contributed by atoms with Gasteiger partial charge in [-0.05, 0) is 60.9 Å². The Bertz CT molecular complexity index is 1590. The molecule has 3 aromatic rings. The number of rotatable bonds is 8. The number of nitrogens with zero attached hydrogens (tertiary/aromatic N) is 1. The largest absolute Gasteiger partial charge is 0.457 e. The summed E-state index contributed by atoms with van der Waals surface area (Å²) in [6.07, 6.45) is 8.14. The zero-order valence-corrected chi connectivity index (χ0v) is 24.9. The van der Waals surface area contributed by atoms with Crippen molar-refractivity contribution in [3.05, 3.63) is 102 Å². The number of halogens is 1. The first-order valence-electron chi connectivity index (χ1n) is 15.3. The molecule has 4 aliphatic rings. The van der Waals surface area contributed by atoms with Crippen LogP contribution in [0.15, 0.2) is 91.0 Å². The Morgan fingerprint density at radius 1 is 0.909 bits per heavy atom. The smallest absolute Gasteiger partial charge is 0.246 e. The van der Waals surface area contributed by atoms with Crippen molar-refractivity contribution in [2.45, 2.75) is 62.4 Å². The van der Waals surface area contributed by atoms with E-state index >= 15 is 0 Å². The van der Waals surface area contributed by atoms with Gasteiger partial charge in [0.1, 0.15) is 23.1 Å². The van der Waals surface area contributed by atoms with Crippen molar-refractivity contribution in [2.75, 3.05) is 5.32 Å². The van der Waals surface area contributed by atoms with Crippen molar-refractivity contribution < 1.29 is 23.9 Å². The highest BCUT2D eigenvalue weighted by atomic mass is 35.5. The molecular formula is C35H34ClN3O5. The zero-order valence-electron chi connectivity index (χ0n) is 24.2. The van der Waals surface area contributed by atoms with Gasteiger partial charge in [0.15, 0.2) is 0 Å². The van der Waals surface area contributed by atoms with E-state index in [0.717, 1.165) is 37.7 Å². The van der Waals surface area contributed by atoms with Crippen LogP contribution in [0.5, 0.6) is 11.5 Å². The van der Waals surface area contributed by atoms with Crippen LogP contribution in [-0.2, 0) is 25.7 Å². The predicted octanol–water partition coefficient (Wildman–Crippen LogP) is 5.87. The summed E-state index contributed by atoms with van der Waals surface area (Å²) in [5, 5.41) is 6.70. The van der Waals surface area contributed by atoms with Gasteiger partial charge in [-0.2, -0.15) is 0 Å². The van der Waals surface area contributed by atoms with Gasteiger partial charge in [0, 0.05) is 23.3 Å². The van der Waals surface area contributed by atoms with Crippen LogP contribution in [0.2, 0.25) is 5.02 Å². The van der Waals surface area contributed by atoms with Gasteiger partial charge < -0.3 is 25.0 Å². The quantitative estimate of drug-likeness (QED) is 0.311. The molecule has 1 saturated carbocycles. The molecule has 7 rings (SSSR count). The Kier molecular flexibility index (Phi) is 7.64. The molecule has 2 saturated heterocycles. The number of likely N-dealkylation sites (tertiary alicyclic amines) is 1. The van der Waals surface area contributed by atoms with Crippen LogP contribution in [0.3, 0.4) is 0 Å². The Hall–Kier alpha value is -4.14. The Labute approximate surface area is 261 Å². The summed E-state index contributed by atoms with van der Waals surface area (Å²) in [6, 6.07) is 22.9. The fourth-order valence-electron chi connectivity index (χ4n) is 7.23. The number of para-hydroxylation sites is 1. The van der Waals surface area contributed by atoms with E-state index in [2.05, 4.69) is 10.6 Å². The van der Waals surface area contributed by atoms with Crippen LogP contribution in [0.25, 0.3) is 0 Å². The van der Waals surface area contributed by atoms with E-state index in [0.29, 0.717) is 22.2 Å². The molecule has 2 bridgehead atoms. The molecule has 2 N–H and O–H groups in total. The molecule has 3 heterocycles. The van der Waals surface area contributed by atoms with E-state index < -0.39 is 29.6 Å². The Morgan fingerprint density at radius 2 is 1.61 bits per heavy atom. The summed E-state index contributed by atoms with van der Waals surface area (Å²) >= 11 is 6.50. The molecule has 8 nitrogen and oxygen atoms in total. The summed E-state index contributed by atoms with van der Waals surface area (Å²) in [5.74, 6) is -1.16. The maximum absolute atomic E-state index is 14.3. The second kappa shape index (κ2) is 11.7. The van der Waals surface area contributed by atoms with Crippen molar-refractivity contribution >= 4 is 35.0 Å². The van der Waals surface area contributed by atoms with E-state index in [-0.39, 0.29) is 30.3 Å². The highest BCUT2D eigenvalue weighted by molar-refractivity contribution is 6.31. The highest BCUT2D eigenvalue weighted by Gasteiger charge is 2.72. The monoisotopic (exact) mass is 611 g/mol. The third kappa shape index (κ3) is 5.16. The van der Waals surface area contributed by atoms with Crippen LogP contribution in [0, 0.1) is 11.8 Å². The average molecular weight is 612 g/mol. The summed E-state index contributed by atoms with van der Waals surface area (Å²) in [6.45, 7) is 0.137. The molecular weight excluding hydrogens is 578 g/mol. The van der Waals surface area contributed by atoms with E-state index in [9.17, 15) is 14.4 Å². The number of hydrogen-bond donors (Lipinski definition) is 2. The molecule has 1 spiro atoms. The standard InChI is InChI=1S/C35H34ClN3O5/c36-27-14-8-7-9-22(27)21-39-31(33(41)38-23-10-3-1-4-11-23)35-20-19-28(44-35)29(30(35)34(39)42)32(40)37-24-15-17-26(18-16-24)43-25-12-5-2-6-13-25/h2,5-9,12-20,23,28-31H,1,3-4,10-11,21H2,(H,37,40)(H,38,41)/t28-,29-,30-,31+,35-/m1/s1. The van der Waals surface area contributed by atoms with Crippen molar-refractivity contribution in [1.82, 2.24) is 10.2 Å². The first-order valence-corrected chi connectivity index (χ1v) is 15.7. The molecule has 3 amide bonds. The summed E-state index contributed by atoms with van der Waals surface area (Å²) in [4.78, 5) is 43.7. The van der Waals surface area contributed by atoms with E-state index in [1.807, 2.05) is 60.7 Å². The molecule has 5 atom stereocenters. The van der Waals surface area contributed by atoms with Crippen molar-refractivity contribution in [1.29, 1.82) is 0 Å². The van der Waals surface area contributed by atoms with Crippen molar-refractivity contribution in [2.24, 2.45) is 11.8 Å². The molecule has 0 radical (unpaired) electrons. The van der Waals surface area contributed by atoms with Crippen molar-refractivity contribution in [3.63, 3.8) is 0 Å². The predicted molar refractivity (Wildman–Crippen MR) is 166 cm³/mol. The number of nitrogens with one attached hydrogen (secondary N) is 2. The van der Waals surface area contributed by atoms with Crippen LogP contribution in [-0.4, -0.2) is 46.4 Å². The number of hydrogen-bond acceptors (Lipinski definition) is 5. The zero-order chi connectivity index (χ0) is 30.3. The first-order chi connectivity index (χ1) is 21.4. The number of carbonyl (C=O) groups is 3. The van der Waals surface area contributed by atoms with Gasteiger partial charge in [-0.3, -0.25) is 14.4 Å². The minimum atomic E-state index is -1.24. The van der Waals surface area contributed by atoms with E-state index in [4.69, 9.17) is 21.1 Å². The number of benzene rings is 3. The van der Waals surface area contributed by atoms with Crippen LogP contribution in [0.1, 0.15) is 37.7 Å². The van der Waals surface area contributed by atoms with E-state index in [1.165, 1.54) is 0 Å². The molecule has 1 aliphatic carbocycles. The molecule has 9 heteroatoms. The van der Waals surface area contributed by atoms with Gasteiger partial charge in [0.2, 0.25) is 17.7 Å². The molecule has 0 unspecified atom stereocenters. The second-order valence-electron chi connectivity index (χ2n) is 12.0. The van der Waals surface area contributed by atoms with Crippen LogP contribution in [0.4, 0.5) is 5.69 Å². The fourth-order valence-corrected chi connectivity index (χ4v) is 7.43. The normalized spacial score (nSPS) is 27.3. The number of amides is 3. The van der Waals surface area contributed by atoms with Gasteiger partial charge >= 0.3 is 0 Å². The van der Waals surface area contributed by atoms with Gasteiger partial charge in [0.25, 0.3) is 0 Å². The van der Waals surface area contributed by atoms with Gasteiger partial charge in [-0.15, -0.1) is 0 Å². The minimum Gasteiger partial charge on any atom is -0.457 e. The molecule has 226 valence electrons. The lowest BCUT2D eigenvalue weighted by Gasteiger charge is -2.34. The van der Waals surface area contributed by atoms with Crippen molar-refractivity contribution in [3.8, 4) is 11.5 Å². The molecule has 3 aliphatic heterocycles. The third-order valence-corrected chi connectivity index (χ3v) is 9.64. The maximum atomic E-state index is 14.3. The maximum Gasteiger partial charge on any atom is 0.246 e. The average Bonchev–Trinajstić information content (AvgIpc) is 3.68. The Balaban J connectivity index is 1.14. The van der Waals surface area contributed by atoms with E-state index in [1.54, 1.807) is 35.2 Å². The van der Waals surface area contributed by atoms with Gasteiger partial charge in [0.05, 0.1) is 17.9 Å². The number of anilines is 1. The molecule has 3 fully saturated rings. The summed E-state index contributed by atoms with van der Waals surface area (Å²) in [7, 11) is 0. The Morgan fingerprint density at radius 3 is 2.36 bits per heavy atom. The number of fused-ring (bicyclic) bond motifs is 1. The molecule has 44 heavy (non-hydrogen) atoms. The SMILES string of the molecule is O=C(Nc1ccc(Oc2ccccc2)cc1)[C@@H]1[C@H]2C=C[C@]3(O2)[C@H](C(=O)NC2CCCCC2)N(Cc2ccccc2Cl)C(=O)[C@@H]13. The molecule has 3 aromatic carbocycles. The second-order valence-corrected chi connectivity index (χ2v) is 12.4. The topological polar surface area (TPSA) is 97.0 Å². The lowest BCUT2D eigenvalue weighted by molar-refractivity contribution is -0.142. The lowest BCUT2D eigenvalue weighted by Crippen LogP contribution is -2.56. The first kappa shape index (κ1) is 28.6. The minimum absolute atomic E-state index is 0.0551.